The first-order valence-corrected chi connectivity index (χ1v) is 11.3. The second kappa shape index (κ2) is 8.52. The largest absolute Gasteiger partial charge is 0.344 e. The quantitative estimate of drug-likeness (QED) is 0.442. The molecule has 1 fully saturated rings. The van der Waals surface area contributed by atoms with Gasteiger partial charge in [-0.25, -0.2) is 4.99 Å². The Morgan fingerprint density at radius 3 is 2.53 bits per heavy atom. The predicted octanol–water partition coefficient (Wildman–Crippen LogP) is 6.54. The summed E-state index contributed by atoms with van der Waals surface area (Å²) in [6.45, 7) is 9.16. The molecule has 1 aromatic heterocycles. The van der Waals surface area contributed by atoms with Gasteiger partial charge in [0.2, 0.25) is 0 Å². The summed E-state index contributed by atoms with van der Waals surface area (Å²) < 4.78 is 2.26. The van der Waals surface area contributed by atoms with E-state index in [1.165, 1.54) is 22.8 Å². The Hall–Kier alpha value is -2.79. The van der Waals surface area contributed by atoms with Gasteiger partial charge < -0.3 is 4.57 Å². The van der Waals surface area contributed by atoms with Crippen molar-refractivity contribution in [1.82, 2.24) is 9.47 Å². The molecule has 1 saturated heterocycles. The van der Waals surface area contributed by atoms with E-state index in [9.17, 15) is 4.79 Å². The Morgan fingerprint density at radius 2 is 1.83 bits per heavy atom. The number of amides is 1. The van der Waals surface area contributed by atoms with E-state index >= 15 is 0 Å². The number of fused-ring (bicyclic) bond motifs is 1. The first kappa shape index (κ1) is 20.5. The van der Waals surface area contributed by atoms with Crippen molar-refractivity contribution in [2.75, 3.05) is 6.54 Å². The van der Waals surface area contributed by atoms with Crippen molar-refractivity contribution in [3.63, 3.8) is 0 Å². The number of carbonyl (C=O) groups is 1. The standard InChI is InChI=1S/C25H27N3OS/c1-5-14-27-24(29)23(30-25(27)26-20-12-10-18(4)11-13-20)15-19-16-28(17(2)3)22-9-7-6-8-21(19)22/h6-13,15-17H,5,14H2,1-4H3/b23-15+,26-25?. The fourth-order valence-corrected chi connectivity index (χ4v) is 4.67. The Labute approximate surface area is 182 Å². The molecule has 30 heavy (non-hydrogen) atoms. The molecule has 1 aliphatic heterocycles. The summed E-state index contributed by atoms with van der Waals surface area (Å²) in [5.41, 5.74) is 4.33. The maximum atomic E-state index is 13.2. The second-order valence-corrected chi connectivity index (χ2v) is 8.91. The normalized spacial score (nSPS) is 17.2. The van der Waals surface area contributed by atoms with Crippen molar-refractivity contribution >= 4 is 45.5 Å². The molecule has 2 heterocycles. The minimum atomic E-state index is 0.0362. The van der Waals surface area contributed by atoms with Crippen molar-refractivity contribution in [3.8, 4) is 0 Å². The van der Waals surface area contributed by atoms with Crippen LogP contribution in [0, 0.1) is 6.92 Å². The summed E-state index contributed by atoms with van der Waals surface area (Å²) >= 11 is 1.47. The van der Waals surface area contributed by atoms with Crippen LogP contribution in [-0.4, -0.2) is 27.1 Å². The number of aromatic nitrogens is 1. The van der Waals surface area contributed by atoms with Gasteiger partial charge in [0.05, 0.1) is 10.6 Å². The number of rotatable bonds is 5. The lowest BCUT2D eigenvalue weighted by molar-refractivity contribution is -0.122. The van der Waals surface area contributed by atoms with Gasteiger partial charge in [-0.1, -0.05) is 42.8 Å². The molecule has 1 aliphatic rings. The van der Waals surface area contributed by atoms with Crippen LogP contribution >= 0.6 is 11.8 Å². The monoisotopic (exact) mass is 417 g/mol. The van der Waals surface area contributed by atoms with Gasteiger partial charge in [-0.15, -0.1) is 0 Å². The van der Waals surface area contributed by atoms with Crippen molar-refractivity contribution in [3.05, 3.63) is 70.8 Å². The van der Waals surface area contributed by atoms with Crippen LogP contribution in [0.2, 0.25) is 0 Å². The van der Waals surface area contributed by atoms with Crippen molar-refractivity contribution in [2.45, 2.75) is 40.2 Å². The molecule has 4 nitrogen and oxygen atoms in total. The molecule has 0 spiro atoms. The van der Waals surface area contributed by atoms with Gasteiger partial charge >= 0.3 is 0 Å². The van der Waals surface area contributed by atoms with E-state index in [-0.39, 0.29) is 5.91 Å². The minimum Gasteiger partial charge on any atom is -0.344 e. The number of carbonyl (C=O) groups excluding carboxylic acids is 1. The highest BCUT2D eigenvalue weighted by molar-refractivity contribution is 8.18. The zero-order valence-corrected chi connectivity index (χ0v) is 18.7. The highest BCUT2D eigenvalue weighted by Crippen LogP contribution is 2.36. The lowest BCUT2D eigenvalue weighted by Gasteiger charge is -2.13. The van der Waals surface area contributed by atoms with Gasteiger partial charge in [0.15, 0.2) is 5.17 Å². The lowest BCUT2D eigenvalue weighted by atomic mass is 10.1. The average Bonchev–Trinajstić information content (AvgIpc) is 3.24. The van der Waals surface area contributed by atoms with Crippen LogP contribution in [0.15, 0.2) is 64.6 Å². The molecule has 2 aromatic carbocycles. The smallest absolute Gasteiger partial charge is 0.266 e. The number of amidine groups is 1. The summed E-state index contributed by atoms with van der Waals surface area (Å²) in [4.78, 5) is 20.5. The minimum absolute atomic E-state index is 0.0362. The van der Waals surface area contributed by atoms with E-state index in [1.807, 2.05) is 36.4 Å². The predicted molar refractivity (Wildman–Crippen MR) is 128 cm³/mol. The van der Waals surface area contributed by atoms with Crippen LogP contribution in [0.3, 0.4) is 0 Å². The Kier molecular flexibility index (Phi) is 5.82. The van der Waals surface area contributed by atoms with E-state index in [0.717, 1.165) is 33.1 Å². The topological polar surface area (TPSA) is 37.6 Å². The van der Waals surface area contributed by atoms with E-state index in [0.29, 0.717) is 12.6 Å². The first-order chi connectivity index (χ1) is 14.5. The van der Waals surface area contributed by atoms with Crippen molar-refractivity contribution < 1.29 is 4.79 Å². The van der Waals surface area contributed by atoms with Crippen LogP contribution in [0.4, 0.5) is 5.69 Å². The molecule has 154 valence electrons. The van der Waals surface area contributed by atoms with E-state index in [1.54, 1.807) is 4.90 Å². The maximum absolute atomic E-state index is 13.2. The van der Waals surface area contributed by atoms with Gasteiger partial charge in [0.25, 0.3) is 5.91 Å². The van der Waals surface area contributed by atoms with Crippen molar-refractivity contribution in [1.29, 1.82) is 0 Å². The number of hydrogen-bond acceptors (Lipinski definition) is 3. The number of nitrogens with zero attached hydrogens (tertiary/aromatic N) is 3. The SMILES string of the molecule is CCCN1C(=O)/C(=C\c2cn(C(C)C)c3ccccc23)SC1=Nc1ccc(C)cc1. The fourth-order valence-electron chi connectivity index (χ4n) is 3.66. The van der Waals surface area contributed by atoms with Crippen molar-refractivity contribution in [2.24, 2.45) is 4.99 Å². The summed E-state index contributed by atoms with van der Waals surface area (Å²) in [5, 5.41) is 1.92. The second-order valence-electron chi connectivity index (χ2n) is 7.90. The highest BCUT2D eigenvalue weighted by Gasteiger charge is 2.33. The number of aliphatic imine (C=N–C) groups is 1. The van der Waals surface area contributed by atoms with E-state index < -0.39 is 0 Å². The summed E-state index contributed by atoms with van der Waals surface area (Å²) in [7, 11) is 0. The number of aryl methyl sites for hydroxylation is 1. The Balaban J connectivity index is 1.75. The molecule has 5 heteroatoms. The highest BCUT2D eigenvalue weighted by atomic mass is 32.2. The van der Waals surface area contributed by atoms with Gasteiger partial charge in [-0.05, 0) is 63.2 Å². The van der Waals surface area contributed by atoms with Crippen LogP contribution < -0.4 is 0 Å². The molecule has 0 unspecified atom stereocenters. The molecule has 4 rings (SSSR count). The maximum Gasteiger partial charge on any atom is 0.266 e. The third kappa shape index (κ3) is 3.94. The molecule has 0 aliphatic carbocycles. The van der Waals surface area contributed by atoms with Crippen LogP contribution in [0.25, 0.3) is 17.0 Å². The van der Waals surface area contributed by atoms with Crippen LogP contribution in [0.5, 0.6) is 0 Å². The van der Waals surface area contributed by atoms with E-state index in [2.05, 4.69) is 56.7 Å². The zero-order chi connectivity index (χ0) is 21.3. The molecule has 1 amide bonds. The van der Waals surface area contributed by atoms with Crippen LogP contribution in [-0.2, 0) is 4.79 Å². The third-order valence-corrected chi connectivity index (χ3v) is 6.21. The third-order valence-electron chi connectivity index (χ3n) is 5.21. The van der Waals surface area contributed by atoms with Gasteiger partial charge in [0, 0.05) is 35.2 Å². The van der Waals surface area contributed by atoms with Crippen LogP contribution in [0.1, 0.15) is 44.4 Å². The number of benzene rings is 2. The summed E-state index contributed by atoms with van der Waals surface area (Å²) in [6.07, 6.45) is 5.06. The average molecular weight is 418 g/mol. The molecule has 0 bridgehead atoms. The number of hydrogen-bond donors (Lipinski definition) is 0. The first-order valence-electron chi connectivity index (χ1n) is 10.4. The summed E-state index contributed by atoms with van der Waals surface area (Å²) in [5.74, 6) is 0.0362. The number of thioether (sulfide) groups is 1. The molecule has 3 aromatic rings. The lowest BCUT2D eigenvalue weighted by Crippen LogP contribution is -2.29. The van der Waals surface area contributed by atoms with Gasteiger partial charge in [-0.2, -0.15) is 0 Å². The summed E-state index contributed by atoms with van der Waals surface area (Å²) in [6, 6.07) is 16.8. The zero-order valence-electron chi connectivity index (χ0n) is 17.9. The van der Waals surface area contributed by atoms with E-state index in [4.69, 9.17) is 4.99 Å². The van der Waals surface area contributed by atoms with Gasteiger partial charge in [0.1, 0.15) is 0 Å². The Bertz CT molecular complexity index is 1140. The molecule has 0 saturated carbocycles. The Morgan fingerprint density at radius 1 is 1.10 bits per heavy atom. The molecular weight excluding hydrogens is 390 g/mol. The molecule has 0 atom stereocenters. The number of para-hydroxylation sites is 1. The fraction of sp³-hybridized carbons (Fsp3) is 0.280. The molecular formula is C25H27N3OS. The molecule has 0 N–H and O–H groups in total. The molecule has 0 radical (unpaired) electrons. The van der Waals surface area contributed by atoms with Gasteiger partial charge in [-0.3, -0.25) is 9.69 Å².